The minimum atomic E-state index is -0.867. The van der Waals surface area contributed by atoms with E-state index in [-0.39, 0.29) is 0 Å². The molecule has 17 heavy (non-hydrogen) atoms. The van der Waals surface area contributed by atoms with E-state index in [4.69, 9.17) is 5.11 Å². The van der Waals surface area contributed by atoms with Gasteiger partial charge in [0.2, 0.25) is 0 Å². The van der Waals surface area contributed by atoms with Crippen LogP contribution in [0, 0.1) is 0 Å². The van der Waals surface area contributed by atoms with E-state index < -0.39 is 5.97 Å². The van der Waals surface area contributed by atoms with Crippen LogP contribution in [0.2, 0.25) is 0 Å². The number of benzene rings is 1. The van der Waals surface area contributed by atoms with Crippen molar-refractivity contribution in [2.45, 2.75) is 26.2 Å². The molecule has 0 aromatic heterocycles. The molecule has 0 unspecified atom stereocenters. The van der Waals surface area contributed by atoms with E-state index in [2.05, 4.69) is 6.58 Å². The molecular weight excluding hydrogens is 212 g/mol. The lowest BCUT2D eigenvalue weighted by Crippen LogP contribution is -2.05. The summed E-state index contributed by atoms with van der Waals surface area (Å²) in [7, 11) is 0. The Balaban J connectivity index is 2.32. The summed E-state index contributed by atoms with van der Waals surface area (Å²) >= 11 is 0. The summed E-state index contributed by atoms with van der Waals surface area (Å²) in [5.74, 6) is -0.867. The molecule has 0 aliphatic heterocycles. The molecule has 1 aromatic carbocycles. The number of carboxylic acid groups (broad SMARTS) is 1. The first-order valence-electron chi connectivity index (χ1n) is 5.77. The Kier molecular flexibility index (Phi) is 3.14. The summed E-state index contributed by atoms with van der Waals surface area (Å²) in [6.45, 7) is 5.95. The van der Waals surface area contributed by atoms with Gasteiger partial charge in [0.15, 0.2) is 0 Å². The monoisotopic (exact) mass is 228 g/mol. The highest BCUT2D eigenvalue weighted by atomic mass is 16.4. The smallest absolute Gasteiger partial charge is 0.335 e. The highest BCUT2D eigenvalue weighted by molar-refractivity contribution is 5.89. The SMILES string of the molecule is C=C(C)CC1=C(c2cccc(C(=O)O)c2)CC1. The van der Waals surface area contributed by atoms with Crippen molar-refractivity contribution in [3.63, 3.8) is 0 Å². The number of hydrogen-bond acceptors (Lipinski definition) is 1. The van der Waals surface area contributed by atoms with Crippen molar-refractivity contribution in [2.24, 2.45) is 0 Å². The molecule has 0 fully saturated rings. The average Bonchev–Trinajstić information content (AvgIpc) is 2.25. The maximum absolute atomic E-state index is 10.9. The quantitative estimate of drug-likeness (QED) is 0.793. The van der Waals surface area contributed by atoms with Crippen molar-refractivity contribution in [3.8, 4) is 0 Å². The van der Waals surface area contributed by atoms with Crippen LogP contribution in [0.3, 0.4) is 0 Å². The number of hydrogen-bond donors (Lipinski definition) is 1. The first-order chi connectivity index (χ1) is 8.08. The lowest BCUT2D eigenvalue weighted by atomic mass is 9.80. The number of carbonyl (C=O) groups is 1. The van der Waals surface area contributed by atoms with Gasteiger partial charge in [-0.1, -0.05) is 29.9 Å². The summed E-state index contributed by atoms with van der Waals surface area (Å²) < 4.78 is 0. The van der Waals surface area contributed by atoms with E-state index in [1.807, 2.05) is 19.1 Å². The lowest BCUT2D eigenvalue weighted by Gasteiger charge is -2.24. The second kappa shape index (κ2) is 4.58. The zero-order chi connectivity index (χ0) is 12.4. The van der Waals surface area contributed by atoms with Gasteiger partial charge in [-0.2, -0.15) is 0 Å². The maximum Gasteiger partial charge on any atom is 0.335 e. The molecule has 0 spiro atoms. The van der Waals surface area contributed by atoms with Crippen LogP contribution < -0.4 is 0 Å². The Morgan fingerprint density at radius 2 is 2.18 bits per heavy atom. The van der Waals surface area contributed by atoms with E-state index in [0.717, 1.165) is 30.4 Å². The second-order valence-corrected chi connectivity index (χ2v) is 4.60. The topological polar surface area (TPSA) is 37.3 Å². The zero-order valence-electron chi connectivity index (χ0n) is 9.99. The van der Waals surface area contributed by atoms with Gasteiger partial charge in [-0.05, 0) is 49.5 Å². The molecular formula is C15H16O2. The van der Waals surface area contributed by atoms with Gasteiger partial charge in [0.05, 0.1) is 5.56 Å². The van der Waals surface area contributed by atoms with E-state index in [9.17, 15) is 4.79 Å². The molecule has 0 heterocycles. The van der Waals surface area contributed by atoms with Gasteiger partial charge in [-0.3, -0.25) is 0 Å². The van der Waals surface area contributed by atoms with Gasteiger partial charge in [0, 0.05) is 0 Å². The maximum atomic E-state index is 10.9. The number of aromatic carboxylic acids is 1. The molecule has 2 nitrogen and oxygen atoms in total. The van der Waals surface area contributed by atoms with Crippen LogP contribution in [0.15, 0.2) is 42.0 Å². The molecule has 1 aliphatic carbocycles. The highest BCUT2D eigenvalue weighted by Crippen LogP contribution is 2.39. The summed E-state index contributed by atoms with van der Waals surface area (Å²) in [5, 5.41) is 8.96. The summed E-state index contributed by atoms with van der Waals surface area (Å²) in [6, 6.07) is 7.18. The van der Waals surface area contributed by atoms with Crippen molar-refractivity contribution in [1.29, 1.82) is 0 Å². The van der Waals surface area contributed by atoms with Gasteiger partial charge in [-0.15, -0.1) is 0 Å². The number of rotatable bonds is 4. The van der Waals surface area contributed by atoms with E-state index in [1.54, 1.807) is 12.1 Å². The fraction of sp³-hybridized carbons (Fsp3) is 0.267. The van der Waals surface area contributed by atoms with Gasteiger partial charge in [0.25, 0.3) is 0 Å². The zero-order valence-corrected chi connectivity index (χ0v) is 9.99. The second-order valence-electron chi connectivity index (χ2n) is 4.60. The molecule has 1 aliphatic rings. The molecule has 0 bridgehead atoms. The molecule has 2 heteroatoms. The van der Waals surface area contributed by atoms with Crippen LogP contribution in [0.4, 0.5) is 0 Å². The largest absolute Gasteiger partial charge is 0.478 e. The minimum Gasteiger partial charge on any atom is -0.478 e. The third-order valence-electron chi connectivity index (χ3n) is 3.08. The molecule has 1 N–H and O–H groups in total. The van der Waals surface area contributed by atoms with Gasteiger partial charge < -0.3 is 5.11 Å². The average molecular weight is 228 g/mol. The first-order valence-corrected chi connectivity index (χ1v) is 5.77. The third kappa shape index (κ3) is 2.47. The van der Waals surface area contributed by atoms with Crippen molar-refractivity contribution >= 4 is 11.5 Å². The van der Waals surface area contributed by atoms with Crippen LogP contribution in [0.1, 0.15) is 42.1 Å². The Morgan fingerprint density at radius 3 is 2.71 bits per heavy atom. The van der Waals surface area contributed by atoms with Crippen molar-refractivity contribution < 1.29 is 9.90 Å². The van der Waals surface area contributed by atoms with E-state index in [0.29, 0.717) is 5.56 Å². The molecule has 0 saturated heterocycles. The third-order valence-corrected chi connectivity index (χ3v) is 3.08. The molecule has 1 aromatic rings. The molecule has 88 valence electrons. The summed E-state index contributed by atoms with van der Waals surface area (Å²) in [6.07, 6.45) is 3.10. The predicted octanol–water partition coefficient (Wildman–Crippen LogP) is 3.90. The van der Waals surface area contributed by atoms with E-state index >= 15 is 0 Å². The normalized spacial score (nSPS) is 14.4. The number of carboxylic acids is 1. The van der Waals surface area contributed by atoms with Crippen molar-refractivity contribution in [3.05, 3.63) is 53.1 Å². The Hall–Kier alpha value is -1.83. The Morgan fingerprint density at radius 1 is 1.41 bits per heavy atom. The van der Waals surface area contributed by atoms with Crippen LogP contribution >= 0.6 is 0 Å². The molecule has 0 saturated carbocycles. The van der Waals surface area contributed by atoms with Crippen molar-refractivity contribution in [2.75, 3.05) is 0 Å². The fourth-order valence-corrected chi connectivity index (χ4v) is 2.17. The number of allylic oxidation sites excluding steroid dienone is 3. The first kappa shape index (κ1) is 11.6. The summed E-state index contributed by atoms with van der Waals surface area (Å²) in [5.41, 5.74) is 5.27. The lowest BCUT2D eigenvalue weighted by molar-refractivity contribution is 0.0697. The molecule has 2 rings (SSSR count). The predicted molar refractivity (Wildman–Crippen MR) is 69.0 cm³/mol. The minimum absolute atomic E-state index is 0.358. The van der Waals surface area contributed by atoms with Gasteiger partial charge >= 0.3 is 5.97 Å². The van der Waals surface area contributed by atoms with Crippen LogP contribution in [0.5, 0.6) is 0 Å². The fourth-order valence-electron chi connectivity index (χ4n) is 2.17. The van der Waals surface area contributed by atoms with Gasteiger partial charge in [-0.25, -0.2) is 4.79 Å². The Bertz CT molecular complexity index is 509. The van der Waals surface area contributed by atoms with Crippen LogP contribution in [-0.2, 0) is 0 Å². The van der Waals surface area contributed by atoms with Crippen molar-refractivity contribution in [1.82, 2.24) is 0 Å². The standard InChI is InChI=1S/C15H16O2/c1-10(2)8-12-6-7-14(12)11-4-3-5-13(9-11)15(16)17/h3-5,9H,1,6-8H2,2H3,(H,16,17). The van der Waals surface area contributed by atoms with Crippen LogP contribution in [0.25, 0.3) is 5.57 Å². The summed E-state index contributed by atoms with van der Waals surface area (Å²) in [4.78, 5) is 10.9. The van der Waals surface area contributed by atoms with Gasteiger partial charge in [0.1, 0.15) is 0 Å². The Labute approximate surface area is 101 Å². The van der Waals surface area contributed by atoms with E-state index in [1.165, 1.54) is 11.1 Å². The molecule has 0 radical (unpaired) electrons. The highest BCUT2D eigenvalue weighted by Gasteiger charge is 2.19. The van der Waals surface area contributed by atoms with Crippen LogP contribution in [-0.4, -0.2) is 11.1 Å². The molecule has 0 amide bonds. The molecule has 0 atom stereocenters.